The molecular weight excluding hydrogens is 935 g/mol. The van der Waals surface area contributed by atoms with Crippen molar-refractivity contribution in [1.29, 1.82) is 0 Å². The van der Waals surface area contributed by atoms with E-state index in [4.69, 9.17) is 24.1 Å². The van der Waals surface area contributed by atoms with E-state index in [0.29, 0.717) is 6.42 Å². The molecule has 0 aliphatic carbocycles. The quantitative estimate of drug-likeness (QED) is 0.0396. The van der Waals surface area contributed by atoms with E-state index in [-0.39, 0.29) is 122 Å². The average molecular weight is 1020 g/mol. The van der Waals surface area contributed by atoms with Gasteiger partial charge in [0.15, 0.2) is 0 Å². The van der Waals surface area contributed by atoms with Crippen molar-refractivity contribution in [3.63, 3.8) is 0 Å². The number of rotatable bonds is 49. The first-order valence-electron chi connectivity index (χ1n) is 25.1. The fraction of sp³-hybridized carbons (Fsp3) is 0.792. The number of amides is 5. The molecule has 0 aliphatic heterocycles. The van der Waals surface area contributed by atoms with E-state index in [0.717, 1.165) is 57.8 Å². The first-order chi connectivity index (χ1) is 33.9. The molecule has 408 valence electrons. The van der Waals surface area contributed by atoms with Gasteiger partial charge in [0.2, 0.25) is 29.5 Å². The van der Waals surface area contributed by atoms with Crippen molar-refractivity contribution < 1.29 is 87.3 Å². The lowest BCUT2D eigenvalue weighted by Gasteiger charge is -2.17. The summed E-state index contributed by atoms with van der Waals surface area (Å²) in [5.41, 5.74) is 0. The molecule has 0 fully saturated rings. The number of unbranched alkanes of at least 4 members (excludes halogenated alkanes) is 13. The Labute approximate surface area is 417 Å². The number of carboxylic acid groups (broad SMARTS) is 4. The minimum Gasteiger partial charge on any atom is -0.481 e. The molecule has 0 saturated heterocycles. The van der Waals surface area contributed by atoms with E-state index < -0.39 is 78.1 Å². The summed E-state index contributed by atoms with van der Waals surface area (Å²) in [6, 6.07) is -3.94. The monoisotopic (exact) mass is 1020 g/mol. The Morgan fingerprint density at radius 3 is 1.13 bits per heavy atom. The maximum Gasteiger partial charge on any atom is 0.326 e. The van der Waals surface area contributed by atoms with E-state index >= 15 is 0 Å². The van der Waals surface area contributed by atoms with Gasteiger partial charge in [-0.2, -0.15) is 0 Å². The lowest BCUT2D eigenvalue weighted by molar-refractivity contribution is -0.143. The lowest BCUT2D eigenvalue weighted by atomic mass is 10.0. The zero-order valence-electron chi connectivity index (χ0n) is 41.9. The highest BCUT2D eigenvalue weighted by Gasteiger charge is 2.25. The van der Waals surface area contributed by atoms with Crippen LogP contribution in [0.15, 0.2) is 0 Å². The first-order valence-corrected chi connectivity index (χ1v) is 25.1. The fourth-order valence-corrected chi connectivity index (χ4v) is 6.78. The van der Waals surface area contributed by atoms with Gasteiger partial charge in [0.1, 0.15) is 37.1 Å². The minimum atomic E-state index is -1.40. The van der Waals surface area contributed by atoms with Gasteiger partial charge in [-0.1, -0.05) is 90.9 Å². The molecule has 0 rings (SSSR count). The maximum atomic E-state index is 12.5. The fourth-order valence-electron chi connectivity index (χ4n) is 6.78. The zero-order chi connectivity index (χ0) is 53.1. The van der Waals surface area contributed by atoms with Gasteiger partial charge in [-0.05, 0) is 32.1 Å². The Morgan fingerprint density at radius 2 is 0.704 bits per heavy atom. The summed E-state index contributed by atoms with van der Waals surface area (Å²) in [5, 5.41) is 49.3. The Bertz CT molecular complexity index is 1580. The number of hydrogen-bond acceptors (Lipinski definition) is 14. The second-order valence-corrected chi connectivity index (χ2v) is 17.5. The Kier molecular flexibility index (Phi) is 40.3. The van der Waals surface area contributed by atoms with Crippen LogP contribution in [0.25, 0.3) is 0 Å². The van der Waals surface area contributed by atoms with Crippen LogP contribution in [0.2, 0.25) is 0 Å². The normalized spacial score (nSPS) is 12.3. The summed E-state index contributed by atoms with van der Waals surface area (Å²) in [6.07, 6.45) is 13.8. The molecule has 71 heavy (non-hydrogen) atoms. The largest absolute Gasteiger partial charge is 0.481 e. The highest BCUT2D eigenvalue weighted by molar-refractivity contribution is 5.87. The van der Waals surface area contributed by atoms with Gasteiger partial charge < -0.3 is 66.0 Å². The van der Waals surface area contributed by atoms with Gasteiger partial charge in [-0.15, -0.1) is 0 Å². The van der Waals surface area contributed by atoms with E-state index in [2.05, 4.69) is 26.6 Å². The molecule has 0 aromatic carbocycles. The Balaban J connectivity index is 4.00. The van der Waals surface area contributed by atoms with E-state index in [9.17, 15) is 63.3 Å². The molecule has 0 unspecified atom stereocenters. The van der Waals surface area contributed by atoms with Gasteiger partial charge in [-0.3, -0.25) is 33.6 Å². The zero-order valence-corrected chi connectivity index (χ0v) is 41.9. The maximum absolute atomic E-state index is 12.5. The van der Waals surface area contributed by atoms with Crippen molar-refractivity contribution in [3.8, 4) is 0 Å². The van der Waals surface area contributed by atoms with E-state index in [1.165, 1.54) is 25.7 Å². The Morgan fingerprint density at radius 1 is 0.366 bits per heavy atom. The van der Waals surface area contributed by atoms with Gasteiger partial charge in [-0.25, -0.2) is 14.4 Å². The van der Waals surface area contributed by atoms with Gasteiger partial charge in [0.05, 0.1) is 39.6 Å². The molecule has 0 saturated carbocycles. The van der Waals surface area contributed by atoms with Crippen molar-refractivity contribution >= 4 is 59.2 Å². The average Bonchev–Trinajstić information content (AvgIpc) is 3.31. The summed E-state index contributed by atoms with van der Waals surface area (Å²) >= 11 is 0. The SMILES string of the molecule is CC(C)C(=O)CC[C@H](NC(=O)COCCOCCNC(=O)COCCOCCNC(=O)CC[C@H](NC(=O)CC[C@H](NC(=O)CCCCCCCCCCCCCCCCC(=O)O)C(=O)O)C(=O)O)C(=O)O. The molecule has 0 bridgehead atoms. The van der Waals surface area contributed by atoms with Crippen LogP contribution in [0.4, 0.5) is 0 Å². The van der Waals surface area contributed by atoms with E-state index in [1.807, 2.05) is 0 Å². The molecule has 0 heterocycles. The predicted octanol–water partition coefficient (Wildman–Crippen LogP) is 2.89. The number of carboxylic acids is 4. The van der Waals surface area contributed by atoms with Crippen LogP contribution in [-0.4, -0.2) is 164 Å². The van der Waals surface area contributed by atoms with E-state index in [1.54, 1.807) is 13.8 Å². The number of hydrogen-bond donors (Lipinski definition) is 9. The smallest absolute Gasteiger partial charge is 0.326 e. The Hall–Kier alpha value is -5.26. The molecular formula is C48H83N5O18. The molecule has 0 aliphatic rings. The van der Waals surface area contributed by atoms with Gasteiger partial charge in [0, 0.05) is 51.1 Å². The standard InChI is InChI=1S/C48H83N5O18/c1-35(2)39(54)22-19-36(46(62)63)53-44(59)34-71-32-30-69-28-26-50-43(58)33-70-31-29-68-27-25-49-40(55)23-20-37(47(64)65)52-42(57)24-21-38(48(66)67)51-41(56)17-15-13-11-9-7-5-3-4-6-8-10-12-14-16-18-45(60)61/h35-38H,3-34H2,1-2H3,(H,49,55)(H,50,58)(H,51,56)(H,52,57)(H,53,59)(H,60,61)(H,62,63)(H,64,65)(H,66,67)/t36-,37-,38-/m0/s1. The third-order valence-corrected chi connectivity index (χ3v) is 10.9. The van der Waals surface area contributed by atoms with Gasteiger partial charge in [0.25, 0.3) is 0 Å². The predicted molar refractivity (Wildman–Crippen MR) is 257 cm³/mol. The van der Waals surface area contributed by atoms with Crippen LogP contribution in [0.5, 0.6) is 0 Å². The summed E-state index contributed by atoms with van der Waals surface area (Å²) in [6.45, 7) is 3.66. The number of carbonyl (C=O) groups excluding carboxylic acids is 6. The highest BCUT2D eigenvalue weighted by atomic mass is 16.5. The molecule has 3 atom stereocenters. The molecule has 0 spiro atoms. The number of carbonyl (C=O) groups is 10. The van der Waals surface area contributed by atoms with Crippen LogP contribution in [0.3, 0.4) is 0 Å². The number of ketones is 1. The lowest BCUT2D eigenvalue weighted by Crippen LogP contribution is -2.44. The van der Waals surface area contributed by atoms with Crippen molar-refractivity contribution in [2.75, 3.05) is 65.9 Å². The highest BCUT2D eigenvalue weighted by Crippen LogP contribution is 2.14. The van der Waals surface area contributed by atoms with Gasteiger partial charge >= 0.3 is 23.9 Å². The molecule has 9 N–H and O–H groups in total. The topological polar surface area (TPSA) is 349 Å². The number of nitrogens with one attached hydrogen (secondary N) is 5. The van der Waals surface area contributed by atoms with Crippen molar-refractivity contribution in [2.45, 2.75) is 173 Å². The van der Waals surface area contributed by atoms with Crippen LogP contribution < -0.4 is 26.6 Å². The van der Waals surface area contributed by atoms with Crippen LogP contribution in [-0.2, 0) is 66.9 Å². The van der Waals surface area contributed by atoms with Crippen molar-refractivity contribution in [1.82, 2.24) is 26.6 Å². The third-order valence-electron chi connectivity index (χ3n) is 10.9. The summed E-state index contributed by atoms with van der Waals surface area (Å²) < 4.78 is 21.1. The number of Topliss-reactive ketones (excluding diaryl/α,β-unsaturated/α-hetero) is 1. The molecule has 23 heteroatoms. The molecule has 5 amide bonds. The third kappa shape index (κ3) is 41.1. The number of ether oxygens (including phenoxy) is 4. The number of aliphatic carboxylic acids is 4. The molecule has 0 aromatic heterocycles. The molecule has 0 aromatic rings. The second-order valence-electron chi connectivity index (χ2n) is 17.5. The van der Waals surface area contributed by atoms with Crippen molar-refractivity contribution in [3.05, 3.63) is 0 Å². The van der Waals surface area contributed by atoms with Crippen LogP contribution >= 0.6 is 0 Å². The molecule has 23 nitrogen and oxygen atoms in total. The second kappa shape index (κ2) is 43.5. The summed E-state index contributed by atoms with van der Waals surface area (Å²) in [7, 11) is 0. The summed E-state index contributed by atoms with van der Waals surface area (Å²) in [4.78, 5) is 118. The van der Waals surface area contributed by atoms with Crippen LogP contribution in [0, 0.1) is 5.92 Å². The minimum absolute atomic E-state index is 0.0220. The van der Waals surface area contributed by atoms with Crippen molar-refractivity contribution in [2.24, 2.45) is 5.92 Å². The first kappa shape index (κ1) is 65.7. The summed E-state index contributed by atoms with van der Waals surface area (Å²) in [5.74, 6) is -7.72. The van der Waals surface area contributed by atoms with Crippen LogP contribution in [0.1, 0.15) is 155 Å². The molecule has 0 radical (unpaired) electrons.